The number of alkyl halides is 3. The first-order valence-electron chi connectivity index (χ1n) is 16.4. The van der Waals surface area contributed by atoms with E-state index in [2.05, 4.69) is 40.7 Å². The van der Waals surface area contributed by atoms with Gasteiger partial charge < -0.3 is 14.2 Å². The Morgan fingerprint density at radius 3 is 1.98 bits per heavy atom. The zero-order valence-electron chi connectivity index (χ0n) is 26.5. The number of carbonyl (C=O) groups excluding carboxylic acids is 3. The Balaban J connectivity index is 1.40. The third kappa shape index (κ3) is 12.5. The highest BCUT2D eigenvalue weighted by Crippen LogP contribution is 2.37. The molecule has 1 saturated carbocycles. The Kier molecular flexibility index (Phi) is 14.9. The van der Waals surface area contributed by atoms with Crippen LogP contribution in [-0.2, 0) is 25.5 Å². The van der Waals surface area contributed by atoms with E-state index in [1.807, 2.05) is 0 Å². The molecule has 1 fully saturated rings. The third-order valence-electron chi connectivity index (χ3n) is 8.41. The van der Waals surface area contributed by atoms with Crippen molar-refractivity contribution in [1.29, 1.82) is 0 Å². The van der Waals surface area contributed by atoms with Crippen LogP contribution < -0.4 is 4.74 Å². The highest BCUT2D eigenvalue weighted by Gasteiger charge is 2.44. The molecule has 0 bridgehead atoms. The molecular formula is C36H47F3O6. The van der Waals surface area contributed by atoms with Crippen LogP contribution in [0.1, 0.15) is 125 Å². The van der Waals surface area contributed by atoms with Gasteiger partial charge in [-0.2, -0.15) is 13.2 Å². The minimum absolute atomic E-state index is 0.0910. The zero-order valence-corrected chi connectivity index (χ0v) is 26.5. The van der Waals surface area contributed by atoms with Crippen molar-refractivity contribution in [2.24, 2.45) is 5.92 Å². The molecule has 1 aliphatic carbocycles. The molecule has 1 atom stereocenters. The number of ether oxygens (including phenoxy) is 3. The van der Waals surface area contributed by atoms with Crippen LogP contribution in [0.4, 0.5) is 13.2 Å². The molecule has 0 heterocycles. The minimum atomic E-state index is -4.94. The van der Waals surface area contributed by atoms with Crippen LogP contribution in [0.25, 0.3) is 0 Å². The Morgan fingerprint density at radius 2 is 1.40 bits per heavy atom. The minimum Gasteiger partial charge on any atom is -0.466 e. The fraction of sp³-hybridized carbons (Fsp3) is 0.583. The first-order valence-corrected chi connectivity index (χ1v) is 16.4. The molecule has 2 aromatic rings. The van der Waals surface area contributed by atoms with Gasteiger partial charge in [-0.15, -0.1) is 0 Å². The molecule has 0 saturated heterocycles. The largest absolute Gasteiger partial charge is 0.466 e. The van der Waals surface area contributed by atoms with Crippen molar-refractivity contribution in [2.45, 2.75) is 122 Å². The molecule has 248 valence electrons. The summed E-state index contributed by atoms with van der Waals surface area (Å²) in [6.45, 7) is 3.61. The lowest BCUT2D eigenvalue weighted by molar-refractivity contribution is -0.209. The molecule has 45 heavy (non-hydrogen) atoms. The summed E-state index contributed by atoms with van der Waals surface area (Å²) in [5.74, 6) is -2.39. The van der Waals surface area contributed by atoms with Crippen LogP contribution in [0.2, 0.25) is 0 Å². The second-order valence-electron chi connectivity index (χ2n) is 11.9. The first-order chi connectivity index (χ1) is 21.6. The molecule has 2 aromatic carbocycles. The number of halogens is 3. The van der Waals surface area contributed by atoms with Crippen molar-refractivity contribution >= 4 is 17.9 Å². The highest BCUT2D eigenvalue weighted by molar-refractivity contribution is 5.90. The molecule has 6 nitrogen and oxygen atoms in total. The van der Waals surface area contributed by atoms with E-state index in [0.717, 1.165) is 19.3 Å². The average molecular weight is 633 g/mol. The van der Waals surface area contributed by atoms with Gasteiger partial charge in [-0.3, -0.25) is 9.59 Å². The van der Waals surface area contributed by atoms with Gasteiger partial charge in [0.05, 0.1) is 24.5 Å². The van der Waals surface area contributed by atoms with Crippen molar-refractivity contribution in [3.05, 3.63) is 65.2 Å². The second kappa shape index (κ2) is 18.6. The van der Waals surface area contributed by atoms with E-state index < -0.39 is 30.6 Å². The number of hydrogen-bond donors (Lipinski definition) is 0. The van der Waals surface area contributed by atoms with Crippen LogP contribution >= 0.6 is 0 Å². The van der Waals surface area contributed by atoms with Gasteiger partial charge >= 0.3 is 24.1 Å². The summed E-state index contributed by atoms with van der Waals surface area (Å²) < 4.78 is 54.4. The van der Waals surface area contributed by atoms with E-state index in [9.17, 15) is 27.6 Å². The molecule has 0 amide bonds. The van der Waals surface area contributed by atoms with Crippen molar-refractivity contribution < 1.29 is 41.8 Å². The van der Waals surface area contributed by atoms with Crippen molar-refractivity contribution in [1.82, 2.24) is 0 Å². The quantitative estimate of drug-likeness (QED) is 0.0983. The summed E-state index contributed by atoms with van der Waals surface area (Å²) >= 11 is 0. The number of hydrogen-bond acceptors (Lipinski definition) is 6. The summed E-state index contributed by atoms with van der Waals surface area (Å²) in [5.41, 5.74) is 2.51. The molecule has 1 aliphatic rings. The normalized spacial score (nSPS) is 17.4. The van der Waals surface area contributed by atoms with Gasteiger partial charge in [-0.05, 0) is 86.8 Å². The molecule has 0 radical (unpaired) electrons. The predicted molar refractivity (Wildman–Crippen MR) is 166 cm³/mol. The van der Waals surface area contributed by atoms with E-state index in [4.69, 9.17) is 4.74 Å². The van der Waals surface area contributed by atoms with E-state index in [-0.39, 0.29) is 29.8 Å². The molecule has 1 unspecified atom stereocenters. The number of unbranched alkanes of at least 4 members (excludes halogenated alkanes) is 7. The number of esters is 3. The maximum absolute atomic E-state index is 13.3. The van der Waals surface area contributed by atoms with Gasteiger partial charge in [-0.1, -0.05) is 76.1 Å². The Labute approximate surface area is 265 Å². The monoisotopic (exact) mass is 632 g/mol. The van der Waals surface area contributed by atoms with E-state index in [0.29, 0.717) is 18.8 Å². The molecular weight excluding hydrogens is 585 g/mol. The van der Waals surface area contributed by atoms with Crippen molar-refractivity contribution in [3.63, 3.8) is 0 Å². The molecule has 0 N–H and O–H groups in total. The van der Waals surface area contributed by atoms with Crippen molar-refractivity contribution in [2.75, 3.05) is 6.61 Å². The maximum atomic E-state index is 13.3. The Hall–Kier alpha value is -3.36. The molecule has 0 aliphatic heterocycles. The van der Waals surface area contributed by atoms with Crippen LogP contribution in [0.15, 0.2) is 48.5 Å². The van der Waals surface area contributed by atoms with Crippen LogP contribution in [0.5, 0.6) is 5.75 Å². The number of benzene rings is 2. The Bertz CT molecular complexity index is 1180. The highest BCUT2D eigenvalue weighted by atomic mass is 19.4. The number of rotatable bonds is 17. The summed E-state index contributed by atoms with van der Waals surface area (Å²) in [6, 6.07) is 14.0. The van der Waals surface area contributed by atoms with E-state index >= 15 is 0 Å². The maximum Gasteiger partial charge on any atom is 0.426 e. The standard InChI is InChI=1S/C36H47F3O6/c1-3-5-6-7-8-9-10-11-12-26-13-15-27(16-14-26)28-17-19-29(20-18-28)34(41)44-31-23-21-30(22-24-31)35(42)45-32(36(37,38)39)25-33(40)43-4-2/h13-16,21-24,28-29,32H,3-12,17-20,25H2,1-2H3. The smallest absolute Gasteiger partial charge is 0.426 e. The average Bonchev–Trinajstić information content (AvgIpc) is 3.02. The second-order valence-corrected chi connectivity index (χ2v) is 11.9. The van der Waals surface area contributed by atoms with Gasteiger partial charge in [0.15, 0.2) is 0 Å². The van der Waals surface area contributed by atoms with Gasteiger partial charge in [-0.25, -0.2) is 4.79 Å². The van der Waals surface area contributed by atoms with Gasteiger partial charge in [0, 0.05) is 0 Å². The predicted octanol–water partition coefficient (Wildman–Crippen LogP) is 9.29. The van der Waals surface area contributed by atoms with E-state index in [1.54, 1.807) is 0 Å². The topological polar surface area (TPSA) is 78.9 Å². The summed E-state index contributed by atoms with van der Waals surface area (Å²) in [6.07, 6.45) is 6.09. The third-order valence-corrected chi connectivity index (χ3v) is 8.41. The lowest BCUT2D eigenvalue weighted by Crippen LogP contribution is -2.36. The summed E-state index contributed by atoms with van der Waals surface area (Å²) in [5, 5.41) is 0. The fourth-order valence-corrected chi connectivity index (χ4v) is 5.73. The number of aryl methyl sites for hydroxylation is 1. The van der Waals surface area contributed by atoms with Crippen LogP contribution in [0.3, 0.4) is 0 Å². The zero-order chi connectivity index (χ0) is 32.7. The molecule has 9 heteroatoms. The lowest BCUT2D eigenvalue weighted by atomic mass is 9.78. The summed E-state index contributed by atoms with van der Waals surface area (Å²) in [7, 11) is 0. The van der Waals surface area contributed by atoms with Gasteiger partial charge in [0.1, 0.15) is 5.75 Å². The van der Waals surface area contributed by atoms with Crippen molar-refractivity contribution in [3.8, 4) is 5.75 Å². The van der Waals surface area contributed by atoms with Crippen LogP contribution in [-0.4, -0.2) is 36.8 Å². The summed E-state index contributed by atoms with van der Waals surface area (Å²) in [4.78, 5) is 36.6. The van der Waals surface area contributed by atoms with Gasteiger partial charge in [0.2, 0.25) is 6.10 Å². The Morgan fingerprint density at radius 1 is 0.800 bits per heavy atom. The molecule has 0 spiro atoms. The molecule has 3 rings (SSSR count). The number of carbonyl (C=O) groups is 3. The lowest BCUT2D eigenvalue weighted by Gasteiger charge is -2.27. The SMILES string of the molecule is CCCCCCCCCCc1ccc(C2CCC(C(=O)Oc3ccc(C(=O)OC(CC(=O)OCC)C(F)(F)F)cc3)CC2)cc1. The van der Waals surface area contributed by atoms with E-state index in [1.165, 1.54) is 93.7 Å². The first kappa shape index (κ1) is 36.1. The van der Waals surface area contributed by atoms with Gasteiger partial charge in [0.25, 0.3) is 0 Å². The fourth-order valence-electron chi connectivity index (χ4n) is 5.73. The van der Waals surface area contributed by atoms with Crippen LogP contribution in [0, 0.1) is 5.92 Å². The molecule has 0 aromatic heterocycles.